The molecule has 0 radical (unpaired) electrons. The van der Waals surface area contributed by atoms with Gasteiger partial charge in [0.1, 0.15) is 5.75 Å². The minimum atomic E-state index is -0.476. The fourth-order valence-electron chi connectivity index (χ4n) is 2.53. The lowest BCUT2D eigenvalue weighted by Gasteiger charge is -2.27. The number of phenols is 1. The number of nitrogens with zero attached hydrogens (tertiary/aromatic N) is 1. The van der Waals surface area contributed by atoms with E-state index >= 15 is 0 Å². The zero-order chi connectivity index (χ0) is 16.9. The molecule has 23 heavy (non-hydrogen) atoms. The van der Waals surface area contributed by atoms with E-state index in [1.807, 2.05) is 17.0 Å². The van der Waals surface area contributed by atoms with Crippen LogP contribution in [0.4, 0.5) is 0 Å². The molecule has 0 saturated heterocycles. The quantitative estimate of drug-likeness (QED) is 0.677. The number of hydrogen-bond donors (Lipinski definition) is 3. The summed E-state index contributed by atoms with van der Waals surface area (Å²) in [5.41, 5.74) is 2.08. The number of rotatable bonds is 8. The van der Waals surface area contributed by atoms with Crippen LogP contribution in [0.25, 0.3) is 0 Å². The van der Waals surface area contributed by atoms with Crippen LogP contribution in [-0.2, 0) is 12.0 Å². The molecule has 0 aliphatic rings. The number of aliphatic hydroxyl groups is 2. The minimum absolute atomic E-state index is 0. The summed E-state index contributed by atoms with van der Waals surface area (Å²) in [5.74, 6) is 0.261. The topological polar surface area (TPSA) is 63.9 Å². The molecule has 0 aromatic heterocycles. The predicted octanol–water partition coefficient (Wildman–Crippen LogP) is 3.07. The first-order chi connectivity index (χ1) is 10.2. The van der Waals surface area contributed by atoms with Crippen LogP contribution < -0.4 is 0 Å². The third-order valence-electron chi connectivity index (χ3n) is 4.18. The van der Waals surface area contributed by atoms with Gasteiger partial charge in [0.25, 0.3) is 0 Å². The second kappa shape index (κ2) is 9.48. The van der Waals surface area contributed by atoms with Crippen molar-refractivity contribution in [3.63, 3.8) is 0 Å². The Morgan fingerprint density at radius 3 is 2.04 bits per heavy atom. The van der Waals surface area contributed by atoms with E-state index in [1.165, 1.54) is 5.56 Å². The third-order valence-corrected chi connectivity index (χ3v) is 4.18. The lowest BCUT2D eigenvalue weighted by Crippen LogP contribution is -2.35. The van der Waals surface area contributed by atoms with Gasteiger partial charge in [0.2, 0.25) is 0 Å². The Balaban J connectivity index is 0.00000484. The van der Waals surface area contributed by atoms with Gasteiger partial charge in [-0.05, 0) is 37.3 Å². The summed E-state index contributed by atoms with van der Waals surface area (Å²) in [5, 5.41) is 29.4. The van der Waals surface area contributed by atoms with Gasteiger partial charge in [0, 0.05) is 25.2 Å². The summed E-state index contributed by atoms with van der Waals surface area (Å²) >= 11 is 0. The lowest BCUT2D eigenvalue weighted by molar-refractivity contribution is 0.0789. The number of aliphatic hydroxyl groups excluding tert-OH is 2. The zero-order valence-corrected chi connectivity index (χ0v) is 15.7. The molecule has 5 heteroatoms. The Morgan fingerprint density at radius 1 is 1.09 bits per heavy atom. The minimum Gasteiger partial charge on any atom is -0.508 e. The van der Waals surface area contributed by atoms with Crippen molar-refractivity contribution in [2.75, 3.05) is 13.1 Å². The van der Waals surface area contributed by atoms with Gasteiger partial charge in [-0.15, -0.1) is 12.4 Å². The van der Waals surface area contributed by atoms with Crippen LogP contribution in [0, 0.1) is 0 Å². The molecule has 0 saturated carbocycles. The van der Waals surface area contributed by atoms with E-state index in [2.05, 4.69) is 20.8 Å². The first kappa shape index (κ1) is 22.2. The largest absolute Gasteiger partial charge is 0.508 e. The van der Waals surface area contributed by atoms with Gasteiger partial charge in [-0.2, -0.15) is 0 Å². The van der Waals surface area contributed by atoms with Gasteiger partial charge in [-0.1, -0.05) is 32.9 Å². The number of halogens is 1. The fourth-order valence-corrected chi connectivity index (χ4v) is 2.53. The van der Waals surface area contributed by atoms with E-state index in [0.717, 1.165) is 12.0 Å². The van der Waals surface area contributed by atoms with E-state index in [-0.39, 0.29) is 23.6 Å². The van der Waals surface area contributed by atoms with Crippen molar-refractivity contribution in [3.05, 3.63) is 29.3 Å². The fraction of sp³-hybridized carbons (Fsp3) is 0.667. The predicted molar refractivity (Wildman–Crippen MR) is 97.3 cm³/mol. The molecule has 3 N–H and O–H groups in total. The maximum absolute atomic E-state index is 10.1. The number of aromatic hydroxyl groups is 1. The van der Waals surface area contributed by atoms with Gasteiger partial charge in [-0.3, -0.25) is 4.90 Å². The number of phenolic OH excluding ortho intramolecular Hbond substituents is 1. The molecule has 0 heterocycles. The van der Waals surface area contributed by atoms with Crippen molar-refractivity contribution in [2.24, 2.45) is 0 Å². The third kappa shape index (κ3) is 7.08. The van der Waals surface area contributed by atoms with E-state index in [1.54, 1.807) is 19.9 Å². The van der Waals surface area contributed by atoms with Crippen LogP contribution in [0.1, 0.15) is 52.2 Å². The highest BCUT2D eigenvalue weighted by Gasteiger charge is 2.20. The Labute approximate surface area is 146 Å². The Morgan fingerprint density at radius 2 is 1.61 bits per heavy atom. The summed E-state index contributed by atoms with van der Waals surface area (Å²) in [7, 11) is 0. The van der Waals surface area contributed by atoms with Crippen LogP contribution in [0.2, 0.25) is 0 Å². The molecular formula is C18H32ClNO3. The average molecular weight is 346 g/mol. The summed E-state index contributed by atoms with van der Waals surface area (Å²) in [4.78, 5) is 1.97. The molecule has 4 nitrogen and oxygen atoms in total. The molecule has 0 aliphatic heterocycles. The van der Waals surface area contributed by atoms with Crippen molar-refractivity contribution in [1.82, 2.24) is 4.90 Å². The standard InChI is InChI=1S/C18H31NO3.ClH/c1-6-18(4,5)16-7-8-17(22)15(9-16)12-19(10-13(2)20)11-14(3)21;/h7-9,13-14,20-22H,6,10-12H2,1-5H3;1H. The molecule has 0 fully saturated rings. The highest BCUT2D eigenvalue weighted by Crippen LogP contribution is 2.30. The highest BCUT2D eigenvalue weighted by molar-refractivity contribution is 5.85. The maximum atomic E-state index is 10.1. The molecule has 2 atom stereocenters. The van der Waals surface area contributed by atoms with E-state index in [9.17, 15) is 15.3 Å². The normalized spacial score (nSPS) is 14.4. The van der Waals surface area contributed by atoms with Crippen molar-refractivity contribution >= 4 is 12.4 Å². The monoisotopic (exact) mass is 345 g/mol. The van der Waals surface area contributed by atoms with E-state index < -0.39 is 12.2 Å². The number of hydrogen-bond acceptors (Lipinski definition) is 4. The molecule has 1 aromatic carbocycles. The van der Waals surface area contributed by atoms with Crippen LogP contribution in [0.15, 0.2) is 18.2 Å². The summed E-state index contributed by atoms with van der Waals surface area (Å²) in [6, 6.07) is 5.75. The molecular weight excluding hydrogens is 314 g/mol. The first-order valence-electron chi connectivity index (χ1n) is 8.06. The molecule has 0 bridgehead atoms. The van der Waals surface area contributed by atoms with Crippen molar-refractivity contribution in [2.45, 2.75) is 65.2 Å². The Hall–Kier alpha value is -0.810. The SMILES string of the molecule is CCC(C)(C)c1ccc(O)c(CN(CC(C)O)CC(C)O)c1.Cl. The van der Waals surface area contributed by atoms with Crippen LogP contribution in [0.5, 0.6) is 5.75 Å². The molecule has 1 rings (SSSR count). The van der Waals surface area contributed by atoms with E-state index in [0.29, 0.717) is 19.6 Å². The van der Waals surface area contributed by atoms with Gasteiger partial charge in [0.15, 0.2) is 0 Å². The molecule has 0 aliphatic carbocycles. The molecule has 2 unspecified atom stereocenters. The maximum Gasteiger partial charge on any atom is 0.120 e. The lowest BCUT2D eigenvalue weighted by atomic mass is 9.81. The highest BCUT2D eigenvalue weighted by atomic mass is 35.5. The number of benzene rings is 1. The molecule has 0 spiro atoms. The van der Waals surface area contributed by atoms with E-state index in [4.69, 9.17) is 0 Å². The Kier molecular flexibility index (Phi) is 9.14. The Bertz CT molecular complexity index is 465. The first-order valence-corrected chi connectivity index (χ1v) is 8.06. The van der Waals surface area contributed by atoms with Gasteiger partial charge in [0.05, 0.1) is 12.2 Å². The van der Waals surface area contributed by atoms with Gasteiger partial charge in [-0.25, -0.2) is 0 Å². The second-order valence-electron chi connectivity index (χ2n) is 6.97. The molecule has 1 aromatic rings. The van der Waals surface area contributed by atoms with Crippen LogP contribution in [0.3, 0.4) is 0 Å². The summed E-state index contributed by atoms with van der Waals surface area (Å²) in [6.45, 7) is 11.4. The van der Waals surface area contributed by atoms with Gasteiger partial charge >= 0.3 is 0 Å². The van der Waals surface area contributed by atoms with Crippen molar-refractivity contribution in [1.29, 1.82) is 0 Å². The average Bonchev–Trinajstić information content (AvgIpc) is 2.39. The molecule has 134 valence electrons. The van der Waals surface area contributed by atoms with Crippen molar-refractivity contribution < 1.29 is 15.3 Å². The smallest absolute Gasteiger partial charge is 0.120 e. The zero-order valence-electron chi connectivity index (χ0n) is 14.9. The van der Waals surface area contributed by atoms with Crippen molar-refractivity contribution in [3.8, 4) is 5.75 Å². The molecule has 0 amide bonds. The second-order valence-corrected chi connectivity index (χ2v) is 6.97. The van der Waals surface area contributed by atoms with Crippen LogP contribution in [-0.4, -0.2) is 45.5 Å². The summed E-state index contributed by atoms with van der Waals surface area (Å²) in [6.07, 6.45) is 0.0646. The van der Waals surface area contributed by atoms with Gasteiger partial charge < -0.3 is 15.3 Å². The summed E-state index contributed by atoms with van der Waals surface area (Å²) < 4.78 is 0. The van der Waals surface area contributed by atoms with Crippen LogP contribution >= 0.6 is 12.4 Å².